The summed E-state index contributed by atoms with van der Waals surface area (Å²) >= 11 is 1.82. The average Bonchev–Trinajstić information content (AvgIpc) is 3.18. The maximum absolute atomic E-state index is 11.7. The van der Waals surface area contributed by atoms with Crippen molar-refractivity contribution in [3.63, 3.8) is 0 Å². The Balaban J connectivity index is 0.00000300. The number of nitrogens with zero attached hydrogens (tertiary/aromatic N) is 4. The number of hydrogen-bond acceptors (Lipinski definition) is 5. The first-order chi connectivity index (χ1) is 13.5. The highest BCUT2D eigenvalue weighted by Gasteiger charge is 2.25. The predicted molar refractivity (Wildman–Crippen MR) is 132 cm³/mol. The van der Waals surface area contributed by atoms with Crippen LogP contribution < -0.4 is 5.32 Å². The van der Waals surface area contributed by atoms with E-state index in [9.17, 15) is 8.42 Å². The molecule has 0 unspecified atom stereocenters. The van der Waals surface area contributed by atoms with Gasteiger partial charge in [-0.1, -0.05) is 6.07 Å². The van der Waals surface area contributed by atoms with Gasteiger partial charge in [-0.25, -0.2) is 12.7 Å². The van der Waals surface area contributed by atoms with Crippen LogP contribution in [0.25, 0.3) is 0 Å². The molecule has 0 amide bonds. The second kappa shape index (κ2) is 11.8. The molecular formula is C19H34IN5O2S2. The molecule has 0 saturated carbocycles. The maximum atomic E-state index is 11.7. The first-order valence-corrected chi connectivity index (χ1v) is 12.9. The van der Waals surface area contributed by atoms with Gasteiger partial charge in [0.05, 0.1) is 6.26 Å². The van der Waals surface area contributed by atoms with Gasteiger partial charge in [-0.2, -0.15) is 0 Å². The topological polar surface area (TPSA) is 68.2 Å². The number of piperidine rings is 1. The molecule has 0 atom stereocenters. The van der Waals surface area contributed by atoms with E-state index in [1.54, 1.807) is 4.31 Å². The van der Waals surface area contributed by atoms with E-state index >= 15 is 0 Å². The second-order valence-electron chi connectivity index (χ2n) is 7.64. The molecule has 2 aliphatic rings. The zero-order chi connectivity index (χ0) is 20.0. The van der Waals surface area contributed by atoms with Gasteiger partial charge in [-0.05, 0) is 37.1 Å². The normalized spacial score (nSPS) is 20.5. The van der Waals surface area contributed by atoms with Crippen LogP contribution in [-0.4, -0.2) is 87.1 Å². The summed E-state index contributed by atoms with van der Waals surface area (Å²) in [4.78, 5) is 11.2. The van der Waals surface area contributed by atoms with E-state index in [1.165, 1.54) is 11.1 Å². The van der Waals surface area contributed by atoms with Crippen molar-refractivity contribution < 1.29 is 8.42 Å². The van der Waals surface area contributed by atoms with Crippen LogP contribution in [0.4, 0.5) is 0 Å². The lowest BCUT2D eigenvalue weighted by molar-refractivity contribution is 0.173. The molecule has 3 rings (SSSR count). The smallest absolute Gasteiger partial charge is 0.211 e. The molecule has 1 aromatic rings. The molecule has 0 radical (unpaired) electrons. The fraction of sp³-hybridized carbons (Fsp3) is 0.737. The molecule has 0 spiro atoms. The largest absolute Gasteiger partial charge is 0.357 e. The molecule has 0 bridgehead atoms. The molecular weight excluding hydrogens is 521 g/mol. The molecule has 10 heteroatoms. The lowest BCUT2D eigenvalue weighted by Crippen LogP contribution is -2.52. The van der Waals surface area contributed by atoms with Crippen molar-refractivity contribution in [2.75, 3.05) is 58.6 Å². The van der Waals surface area contributed by atoms with Crippen LogP contribution in [-0.2, 0) is 16.6 Å². The third-order valence-corrected chi connectivity index (χ3v) is 7.67. The van der Waals surface area contributed by atoms with Crippen LogP contribution in [0.3, 0.4) is 0 Å². The molecule has 0 aliphatic carbocycles. The van der Waals surface area contributed by atoms with Crippen molar-refractivity contribution in [3.8, 4) is 0 Å². The van der Waals surface area contributed by atoms with Crippen molar-refractivity contribution in [1.29, 1.82) is 0 Å². The number of rotatable bonds is 6. The number of thiophene rings is 1. The second-order valence-corrected chi connectivity index (χ2v) is 10.7. The summed E-state index contributed by atoms with van der Waals surface area (Å²) in [6.07, 6.45) is 3.09. The van der Waals surface area contributed by atoms with Crippen molar-refractivity contribution in [3.05, 3.63) is 22.4 Å². The number of piperazine rings is 1. The number of guanidine groups is 1. The van der Waals surface area contributed by atoms with Crippen LogP contribution in [0.15, 0.2) is 22.5 Å². The van der Waals surface area contributed by atoms with Crippen LogP contribution in [0.1, 0.15) is 24.6 Å². The highest BCUT2D eigenvalue weighted by Crippen LogP contribution is 2.19. The number of hydrogen-bond donors (Lipinski definition) is 1. The fourth-order valence-electron chi connectivity index (χ4n) is 3.81. The molecule has 2 aliphatic heterocycles. The quantitative estimate of drug-likeness (QED) is 0.331. The number of nitrogens with one attached hydrogen (secondary N) is 1. The van der Waals surface area contributed by atoms with Crippen LogP contribution in [0.2, 0.25) is 0 Å². The van der Waals surface area contributed by atoms with E-state index in [0.29, 0.717) is 19.0 Å². The summed E-state index contributed by atoms with van der Waals surface area (Å²) in [6, 6.07) is 4.32. The Kier molecular flexibility index (Phi) is 10.1. The van der Waals surface area contributed by atoms with E-state index < -0.39 is 10.0 Å². The zero-order valence-electron chi connectivity index (χ0n) is 17.4. The van der Waals surface area contributed by atoms with Crippen molar-refractivity contribution in [1.82, 2.24) is 19.4 Å². The van der Waals surface area contributed by atoms with Crippen LogP contribution >= 0.6 is 35.3 Å². The minimum Gasteiger partial charge on any atom is -0.357 e. The summed E-state index contributed by atoms with van der Waals surface area (Å²) < 4.78 is 24.9. The van der Waals surface area contributed by atoms with Crippen molar-refractivity contribution in [2.24, 2.45) is 10.9 Å². The van der Waals surface area contributed by atoms with E-state index in [1.807, 2.05) is 11.3 Å². The molecule has 29 heavy (non-hydrogen) atoms. The van der Waals surface area contributed by atoms with E-state index in [-0.39, 0.29) is 24.0 Å². The molecule has 2 fully saturated rings. The molecule has 2 saturated heterocycles. The Bertz CT molecular complexity index is 726. The monoisotopic (exact) mass is 555 g/mol. The van der Waals surface area contributed by atoms with Gasteiger partial charge < -0.3 is 10.2 Å². The van der Waals surface area contributed by atoms with Gasteiger partial charge in [0.1, 0.15) is 0 Å². The third-order valence-electron chi connectivity index (χ3n) is 5.51. The van der Waals surface area contributed by atoms with Gasteiger partial charge in [0.15, 0.2) is 5.96 Å². The lowest BCUT2D eigenvalue weighted by Gasteiger charge is -2.36. The summed E-state index contributed by atoms with van der Waals surface area (Å²) in [6.45, 7) is 10.1. The fourth-order valence-corrected chi connectivity index (χ4v) is 5.43. The van der Waals surface area contributed by atoms with Crippen LogP contribution in [0, 0.1) is 5.92 Å². The Hall–Kier alpha value is -0.430. The van der Waals surface area contributed by atoms with E-state index in [2.05, 4.69) is 39.6 Å². The highest BCUT2D eigenvalue weighted by atomic mass is 127. The molecule has 1 aromatic heterocycles. The number of sulfonamides is 1. The van der Waals surface area contributed by atoms with Gasteiger partial charge >= 0.3 is 0 Å². The van der Waals surface area contributed by atoms with Gasteiger partial charge in [0, 0.05) is 63.8 Å². The molecule has 0 aromatic carbocycles. The third kappa shape index (κ3) is 7.64. The number of halogens is 1. The summed E-state index contributed by atoms with van der Waals surface area (Å²) in [5.41, 5.74) is 0. The number of aliphatic imine (C=N–C) groups is 1. The molecule has 1 N–H and O–H groups in total. The lowest BCUT2D eigenvalue weighted by atomic mass is 9.98. The van der Waals surface area contributed by atoms with Crippen LogP contribution in [0.5, 0.6) is 0 Å². The molecule has 166 valence electrons. The first-order valence-electron chi connectivity index (χ1n) is 10.2. The maximum Gasteiger partial charge on any atom is 0.211 e. The zero-order valence-corrected chi connectivity index (χ0v) is 21.4. The standard InChI is InChI=1S/C19H33N5O2S2.HI/c1-3-20-19(21-15-17-6-8-24(9-7-17)28(2,25)26)23-12-10-22(11-13-23)16-18-5-4-14-27-18;/h4-5,14,17H,3,6-13,15-16H2,1-2H3,(H,20,21);1H. The van der Waals surface area contributed by atoms with E-state index in [0.717, 1.165) is 64.6 Å². The Labute approximate surface area is 196 Å². The highest BCUT2D eigenvalue weighted by molar-refractivity contribution is 14.0. The summed E-state index contributed by atoms with van der Waals surface area (Å²) in [7, 11) is -3.06. The van der Waals surface area contributed by atoms with E-state index in [4.69, 9.17) is 4.99 Å². The SMILES string of the molecule is CCNC(=NCC1CCN(S(C)(=O)=O)CC1)N1CCN(Cc2cccs2)CC1.I. The van der Waals surface area contributed by atoms with Crippen molar-refractivity contribution in [2.45, 2.75) is 26.3 Å². The summed E-state index contributed by atoms with van der Waals surface area (Å²) in [5, 5.41) is 5.58. The minimum atomic E-state index is -3.06. The minimum absolute atomic E-state index is 0. The predicted octanol–water partition coefficient (Wildman–Crippen LogP) is 2.12. The van der Waals surface area contributed by atoms with Crippen molar-refractivity contribution >= 4 is 51.3 Å². The Morgan fingerprint density at radius 3 is 2.45 bits per heavy atom. The molecule has 7 nitrogen and oxygen atoms in total. The van der Waals surface area contributed by atoms with Gasteiger partial charge in [0.2, 0.25) is 10.0 Å². The average molecular weight is 556 g/mol. The van der Waals surface area contributed by atoms with Gasteiger partial charge in [-0.15, -0.1) is 35.3 Å². The Morgan fingerprint density at radius 1 is 1.21 bits per heavy atom. The first kappa shape index (κ1) is 24.8. The summed E-state index contributed by atoms with van der Waals surface area (Å²) in [5.74, 6) is 1.47. The van der Waals surface area contributed by atoms with Gasteiger partial charge in [0.25, 0.3) is 0 Å². The Morgan fingerprint density at radius 2 is 1.90 bits per heavy atom. The van der Waals surface area contributed by atoms with Gasteiger partial charge in [-0.3, -0.25) is 9.89 Å². The molecule has 3 heterocycles.